The Balaban J connectivity index is 1.44. The van der Waals surface area contributed by atoms with E-state index in [-0.39, 0.29) is 37.2 Å². The van der Waals surface area contributed by atoms with Gasteiger partial charge in [0.05, 0.1) is 24.4 Å². The molecule has 0 aliphatic carbocycles. The van der Waals surface area contributed by atoms with E-state index in [0.29, 0.717) is 15.9 Å². The monoisotopic (exact) mass is 835 g/mol. The number of benzene rings is 4. The summed E-state index contributed by atoms with van der Waals surface area (Å²) in [6.07, 6.45) is -1.16. The third-order valence-corrected chi connectivity index (χ3v) is 9.88. The summed E-state index contributed by atoms with van der Waals surface area (Å²) >= 11 is 6.19. The number of ketones is 2. The number of rotatable bonds is 17. The summed E-state index contributed by atoms with van der Waals surface area (Å²) in [6.45, 7) is 12.2. The predicted molar refractivity (Wildman–Crippen MR) is 233 cm³/mol. The van der Waals surface area contributed by atoms with Gasteiger partial charge in [0.1, 0.15) is 16.9 Å². The van der Waals surface area contributed by atoms with Crippen molar-refractivity contribution >= 4 is 68.6 Å². The molecule has 0 saturated carbocycles. The van der Waals surface area contributed by atoms with Gasteiger partial charge in [-0.05, 0) is 107 Å². The van der Waals surface area contributed by atoms with Crippen molar-refractivity contribution in [3.05, 3.63) is 118 Å². The standard InChI is InChI=1S/C48H54ClN3O8/c1-29-11-10-12-30(21-29)24-41(53)38(19-20-43(55)59-47(2,3)4)51-45(57)35(28-44(56)60-48(5,6)7)27-42(54)39(23-31-15-16-32-13-8-9-14-33(32)22-31)52-46(58)40-26-34-25-36(49)17-18-37(34)50-40/h8-18,21-22,25-26,35,38-39,50H,19-20,23-24,27-28H2,1-7H3,(H,51,57)(H,52,58). The zero-order valence-corrected chi connectivity index (χ0v) is 36.0. The fourth-order valence-corrected chi connectivity index (χ4v) is 7.12. The topological polar surface area (TPSA) is 161 Å². The van der Waals surface area contributed by atoms with Crippen molar-refractivity contribution in [1.29, 1.82) is 0 Å². The number of aryl methyl sites for hydroxylation is 1. The maximum Gasteiger partial charge on any atom is 0.307 e. The molecular weight excluding hydrogens is 782 g/mol. The lowest BCUT2D eigenvalue weighted by atomic mass is 9.90. The molecule has 0 radical (unpaired) electrons. The number of esters is 2. The van der Waals surface area contributed by atoms with Crippen molar-refractivity contribution in [2.24, 2.45) is 5.92 Å². The van der Waals surface area contributed by atoms with Crippen LogP contribution in [0.2, 0.25) is 5.02 Å². The van der Waals surface area contributed by atoms with Crippen LogP contribution in [-0.4, -0.2) is 63.6 Å². The van der Waals surface area contributed by atoms with Crippen molar-refractivity contribution in [3.63, 3.8) is 0 Å². The Morgan fingerprint density at radius 3 is 2.07 bits per heavy atom. The number of carbonyl (C=O) groups is 6. The molecule has 3 unspecified atom stereocenters. The molecule has 0 saturated heterocycles. The van der Waals surface area contributed by atoms with Crippen molar-refractivity contribution in [2.45, 2.75) is 110 Å². The van der Waals surface area contributed by atoms with Crippen LogP contribution >= 0.6 is 11.6 Å². The first-order valence-corrected chi connectivity index (χ1v) is 20.5. The minimum Gasteiger partial charge on any atom is -0.460 e. The van der Waals surface area contributed by atoms with E-state index in [1.54, 1.807) is 71.9 Å². The van der Waals surface area contributed by atoms with Crippen LogP contribution in [0.4, 0.5) is 0 Å². The summed E-state index contributed by atoms with van der Waals surface area (Å²) in [6, 6.07) is 25.4. The van der Waals surface area contributed by atoms with E-state index in [9.17, 15) is 28.8 Å². The number of amides is 2. The van der Waals surface area contributed by atoms with Crippen LogP contribution in [0, 0.1) is 12.8 Å². The third-order valence-electron chi connectivity index (χ3n) is 9.65. The molecule has 0 fully saturated rings. The summed E-state index contributed by atoms with van der Waals surface area (Å²) in [7, 11) is 0. The van der Waals surface area contributed by atoms with Crippen molar-refractivity contribution < 1.29 is 38.2 Å². The number of halogens is 1. The Hall–Kier alpha value is -5.81. The number of fused-ring (bicyclic) bond motifs is 2. The van der Waals surface area contributed by atoms with E-state index in [0.717, 1.165) is 27.5 Å². The SMILES string of the molecule is Cc1cccc(CC(=O)C(CCC(=O)OC(C)(C)C)NC(=O)C(CC(=O)OC(C)(C)C)CC(=O)C(Cc2ccc3ccccc3c2)NC(=O)c2cc3cc(Cl)ccc3[nH]2)c1. The molecule has 11 nitrogen and oxygen atoms in total. The Kier molecular flexibility index (Phi) is 14.7. The van der Waals surface area contributed by atoms with E-state index in [1.165, 1.54) is 0 Å². The molecular formula is C48H54ClN3O8. The maximum absolute atomic E-state index is 14.5. The Morgan fingerprint density at radius 2 is 1.37 bits per heavy atom. The maximum atomic E-state index is 14.5. The van der Waals surface area contributed by atoms with Crippen LogP contribution in [0.5, 0.6) is 0 Å². The number of ether oxygens (including phenoxy) is 2. The number of nitrogens with one attached hydrogen (secondary N) is 3. The normalized spacial score (nSPS) is 13.3. The molecule has 0 spiro atoms. The van der Waals surface area contributed by atoms with Gasteiger partial charge in [-0.2, -0.15) is 0 Å². The summed E-state index contributed by atoms with van der Waals surface area (Å²) in [5.74, 6) is -4.75. The van der Waals surface area contributed by atoms with Gasteiger partial charge in [0, 0.05) is 35.2 Å². The smallest absolute Gasteiger partial charge is 0.307 e. The summed E-state index contributed by atoms with van der Waals surface area (Å²) in [5.41, 5.74) is 1.65. The second kappa shape index (κ2) is 19.5. The number of aromatic amines is 1. The van der Waals surface area contributed by atoms with Crippen molar-refractivity contribution in [3.8, 4) is 0 Å². The quantitative estimate of drug-likeness (QED) is 0.0788. The van der Waals surface area contributed by atoms with Gasteiger partial charge in [-0.1, -0.05) is 83.9 Å². The number of hydrogen-bond acceptors (Lipinski definition) is 8. The lowest BCUT2D eigenvalue weighted by Gasteiger charge is -2.25. The number of H-pyrrole nitrogens is 1. The van der Waals surface area contributed by atoms with Gasteiger partial charge < -0.3 is 25.1 Å². The van der Waals surface area contributed by atoms with Crippen molar-refractivity contribution in [1.82, 2.24) is 15.6 Å². The number of aromatic nitrogens is 1. The van der Waals surface area contributed by atoms with Crippen LogP contribution < -0.4 is 10.6 Å². The number of hydrogen-bond donors (Lipinski definition) is 3. The van der Waals surface area contributed by atoms with Crippen molar-refractivity contribution in [2.75, 3.05) is 0 Å². The van der Waals surface area contributed by atoms with Crippen LogP contribution in [0.3, 0.4) is 0 Å². The third kappa shape index (κ3) is 13.6. The molecule has 2 amide bonds. The molecule has 3 atom stereocenters. The highest BCUT2D eigenvalue weighted by Gasteiger charge is 2.34. The molecule has 0 bridgehead atoms. The molecule has 0 aliphatic rings. The van der Waals surface area contributed by atoms with Gasteiger partial charge in [-0.15, -0.1) is 0 Å². The predicted octanol–water partition coefficient (Wildman–Crippen LogP) is 8.35. The molecule has 5 rings (SSSR count). The second-order valence-corrected chi connectivity index (χ2v) is 17.7. The van der Waals surface area contributed by atoms with Gasteiger partial charge in [-0.3, -0.25) is 28.8 Å². The molecule has 12 heteroatoms. The molecule has 1 heterocycles. The Bertz CT molecular complexity index is 2390. The summed E-state index contributed by atoms with van der Waals surface area (Å²) in [4.78, 5) is 85.7. The molecule has 1 aromatic heterocycles. The fourth-order valence-electron chi connectivity index (χ4n) is 6.94. The van der Waals surface area contributed by atoms with E-state index >= 15 is 0 Å². The highest BCUT2D eigenvalue weighted by molar-refractivity contribution is 6.31. The molecule has 60 heavy (non-hydrogen) atoms. The van der Waals surface area contributed by atoms with Gasteiger partial charge >= 0.3 is 11.9 Å². The highest BCUT2D eigenvalue weighted by atomic mass is 35.5. The van der Waals surface area contributed by atoms with Crippen LogP contribution in [0.1, 0.15) is 94.4 Å². The average molecular weight is 836 g/mol. The van der Waals surface area contributed by atoms with E-state index in [1.807, 2.05) is 67.6 Å². The van der Waals surface area contributed by atoms with Crippen LogP contribution in [0.25, 0.3) is 21.7 Å². The Labute approximate surface area is 355 Å². The van der Waals surface area contributed by atoms with E-state index < -0.39 is 71.6 Å². The molecule has 4 aromatic carbocycles. The van der Waals surface area contributed by atoms with Gasteiger partial charge in [0.25, 0.3) is 5.91 Å². The lowest BCUT2D eigenvalue weighted by molar-refractivity contribution is -0.157. The second-order valence-electron chi connectivity index (χ2n) is 17.3. The first-order valence-electron chi connectivity index (χ1n) is 20.1. The first-order chi connectivity index (χ1) is 28.2. The largest absolute Gasteiger partial charge is 0.460 e. The Morgan fingerprint density at radius 1 is 0.667 bits per heavy atom. The van der Waals surface area contributed by atoms with Crippen LogP contribution in [-0.2, 0) is 46.3 Å². The van der Waals surface area contributed by atoms with Gasteiger partial charge in [-0.25, -0.2) is 0 Å². The minimum atomic E-state index is -1.30. The molecule has 5 aromatic rings. The van der Waals surface area contributed by atoms with E-state index in [4.69, 9.17) is 21.1 Å². The zero-order chi connectivity index (χ0) is 43.8. The molecule has 316 valence electrons. The highest BCUT2D eigenvalue weighted by Crippen LogP contribution is 2.23. The van der Waals surface area contributed by atoms with Crippen LogP contribution in [0.15, 0.2) is 91.0 Å². The number of carbonyl (C=O) groups excluding carboxylic acids is 6. The first kappa shape index (κ1) is 45.3. The van der Waals surface area contributed by atoms with Gasteiger partial charge in [0.15, 0.2) is 11.6 Å². The fraction of sp³-hybridized carbons (Fsp3) is 0.375. The molecule has 3 N–H and O–H groups in total. The molecule has 0 aliphatic heterocycles. The minimum absolute atomic E-state index is 0.0313. The average Bonchev–Trinajstić information content (AvgIpc) is 3.58. The number of Topliss-reactive ketones (excluding diaryl/α,β-unsaturated/α-hetero) is 2. The van der Waals surface area contributed by atoms with E-state index in [2.05, 4.69) is 15.6 Å². The van der Waals surface area contributed by atoms with Gasteiger partial charge in [0.2, 0.25) is 5.91 Å². The zero-order valence-electron chi connectivity index (χ0n) is 35.3. The summed E-state index contributed by atoms with van der Waals surface area (Å²) < 4.78 is 11.1. The summed E-state index contributed by atoms with van der Waals surface area (Å²) in [5, 5.41) is 8.80. The lowest BCUT2D eigenvalue weighted by Crippen LogP contribution is -2.47.